The molecule has 1 aliphatic carbocycles. The third-order valence-electron chi connectivity index (χ3n) is 4.16. The number of hydrogen-bond donors (Lipinski definition) is 2. The second kappa shape index (κ2) is 9.52. The van der Waals surface area contributed by atoms with E-state index in [2.05, 4.69) is 10.6 Å². The van der Waals surface area contributed by atoms with E-state index in [9.17, 15) is 14.4 Å². The Kier molecular flexibility index (Phi) is 7.36. The highest BCUT2D eigenvalue weighted by Crippen LogP contribution is 2.25. The van der Waals surface area contributed by atoms with E-state index < -0.39 is 0 Å². The number of amides is 2. The van der Waals surface area contributed by atoms with E-state index in [0.717, 1.165) is 6.54 Å². The van der Waals surface area contributed by atoms with Crippen molar-refractivity contribution in [2.45, 2.75) is 32.7 Å². The molecule has 0 aromatic carbocycles. The van der Waals surface area contributed by atoms with E-state index in [4.69, 9.17) is 0 Å². The smallest absolute Gasteiger partial charge is 0.253 e. The lowest BCUT2D eigenvalue weighted by molar-refractivity contribution is -0.119. The zero-order valence-electron chi connectivity index (χ0n) is 14.0. The standard InChI is InChI=1S/C17H25N3O3S/c1-13-4-3-8-20(17(13)23)9-7-18-15(21)11-24-12-16(22)19-10-14-5-2-6-14/h3-4,8,14H,2,5-7,9-12H2,1H3,(H,18,21)(H,19,22). The fourth-order valence-electron chi connectivity index (χ4n) is 2.44. The number of thioether (sulfide) groups is 1. The van der Waals surface area contributed by atoms with Crippen molar-refractivity contribution in [3.8, 4) is 0 Å². The average Bonchev–Trinajstić information content (AvgIpc) is 2.50. The van der Waals surface area contributed by atoms with Gasteiger partial charge >= 0.3 is 0 Å². The van der Waals surface area contributed by atoms with Crippen molar-refractivity contribution in [3.63, 3.8) is 0 Å². The van der Waals surface area contributed by atoms with E-state index in [-0.39, 0.29) is 23.1 Å². The van der Waals surface area contributed by atoms with Gasteiger partial charge in [0.15, 0.2) is 0 Å². The van der Waals surface area contributed by atoms with Gasteiger partial charge in [0.1, 0.15) is 0 Å². The summed E-state index contributed by atoms with van der Waals surface area (Å²) in [5, 5.41) is 5.67. The topological polar surface area (TPSA) is 80.2 Å². The lowest BCUT2D eigenvalue weighted by Crippen LogP contribution is -2.34. The highest BCUT2D eigenvalue weighted by atomic mass is 32.2. The molecule has 0 spiro atoms. The first-order valence-corrected chi connectivity index (χ1v) is 9.49. The fourth-order valence-corrected chi connectivity index (χ4v) is 3.12. The summed E-state index contributed by atoms with van der Waals surface area (Å²) in [7, 11) is 0. The monoisotopic (exact) mass is 351 g/mol. The molecule has 1 heterocycles. The van der Waals surface area contributed by atoms with E-state index in [1.54, 1.807) is 23.8 Å². The van der Waals surface area contributed by atoms with Gasteiger partial charge in [-0.05, 0) is 31.7 Å². The third-order valence-corrected chi connectivity index (χ3v) is 5.10. The number of rotatable bonds is 9. The number of carbonyl (C=O) groups is 2. The van der Waals surface area contributed by atoms with E-state index >= 15 is 0 Å². The van der Waals surface area contributed by atoms with Crippen LogP contribution < -0.4 is 16.2 Å². The molecule has 1 aromatic rings. The third kappa shape index (κ3) is 6.03. The van der Waals surface area contributed by atoms with Crippen LogP contribution in [0, 0.1) is 12.8 Å². The number of carbonyl (C=O) groups excluding carboxylic acids is 2. The Labute approximate surface area is 146 Å². The molecule has 0 atom stereocenters. The quantitative estimate of drug-likeness (QED) is 0.693. The number of hydrogen-bond acceptors (Lipinski definition) is 4. The number of nitrogens with one attached hydrogen (secondary N) is 2. The molecule has 1 saturated carbocycles. The molecule has 1 aromatic heterocycles. The van der Waals surface area contributed by atoms with Crippen molar-refractivity contribution >= 4 is 23.6 Å². The first-order valence-electron chi connectivity index (χ1n) is 8.33. The van der Waals surface area contributed by atoms with Gasteiger partial charge in [0.25, 0.3) is 5.56 Å². The van der Waals surface area contributed by atoms with Crippen LogP contribution in [0.25, 0.3) is 0 Å². The van der Waals surface area contributed by atoms with Crippen molar-refractivity contribution in [2.24, 2.45) is 5.92 Å². The van der Waals surface area contributed by atoms with Crippen molar-refractivity contribution in [2.75, 3.05) is 24.6 Å². The lowest BCUT2D eigenvalue weighted by Gasteiger charge is -2.25. The number of aryl methyl sites for hydroxylation is 1. The molecule has 1 fully saturated rings. The summed E-state index contributed by atoms with van der Waals surface area (Å²) < 4.78 is 1.58. The van der Waals surface area contributed by atoms with Crippen molar-refractivity contribution in [1.82, 2.24) is 15.2 Å². The van der Waals surface area contributed by atoms with Gasteiger partial charge in [-0.2, -0.15) is 0 Å². The molecule has 24 heavy (non-hydrogen) atoms. The second-order valence-corrected chi connectivity index (χ2v) is 7.12. The van der Waals surface area contributed by atoms with Crippen LogP contribution in [-0.4, -0.2) is 41.0 Å². The van der Waals surface area contributed by atoms with Crippen molar-refractivity contribution in [3.05, 3.63) is 34.2 Å². The molecule has 0 bridgehead atoms. The zero-order chi connectivity index (χ0) is 17.4. The molecule has 2 rings (SSSR count). The molecular formula is C17H25N3O3S. The minimum atomic E-state index is -0.118. The molecule has 132 valence electrons. The van der Waals surface area contributed by atoms with Crippen LogP contribution in [0.3, 0.4) is 0 Å². The van der Waals surface area contributed by atoms with Gasteiger partial charge in [0.2, 0.25) is 11.8 Å². The van der Waals surface area contributed by atoms with Gasteiger partial charge < -0.3 is 15.2 Å². The average molecular weight is 351 g/mol. The summed E-state index contributed by atoms with van der Waals surface area (Å²) in [5.74, 6) is 1.07. The van der Waals surface area contributed by atoms with Crippen LogP contribution in [0.2, 0.25) is 0 Å². The van der Waals surface area contributed by atoms with Crippen LogP contribution >= 0.6 is 11.8 Å². The maximum absolute atomic E-state index is 11.8. The van der Waals surface area contributed by atoms with Gasteiger partial charge in [0.05, 0.1) is 11.5 Å². The molecule has 1 aliphatic rings. The van der Waals surface area contributed by atoms with Gasteiger partial charge in [0, 0.05) is 31.4 Å². The first kappa shape index (κ1) is 18.6. The maximum Gasteiger partial charge on any atom is 0.253 e. The van der Waals surface area contributed by atoms with Crippen LogP contribution in [0.4, 0.5) is 0 Å². The van der Waals surface area contributed by atoms with Crippen LogP contribution in [0.15, 0.2) is 23.1 Å². The molecule has 6 nitrogen and oxygen atoms in total. The Morgan fingerprint density at radius 2 is 1.96 bits per heavy atom. The molecule has 2 amide bonds. The largest absolute Gasteiger partial charge is 0.355 e. The molecule has 0 saturated heterocycles. The molecule has 0 radical (unpaired) electrons. The van der Waals surface area contributed by atoms with Crippen LogP contribution in [0.5, 0.6) is 0 Å². The Morgan fingerprint density at radius 3 is 2.62 bits per heavy atom. The second-order valence-electron chi connectivity index (χ2n) is 6.13. The predicted octanol–water partition coefficient (Wildman–Crippen LogP) is 0.922. The zero-order valence-corrected chi connectivity index (χ0v) is 14.9. The number of aromatic nitrogens is 1. The summed E-state index contributed by atoms with van der Waals surface area (Å²) in [6, 6.07) is 3.58. The SMILES string of the molecule is Cc1cccn(CCNC(=O)CSCC(=O)NCC2CCC2)c1=O. The minimum absolute atomic E-state index is 0.00832. The molecular weight excluding hydrogens is 326 g/mol. The van der Waals surface area contributed by atoms with Crippen LogP contribution in [-0.2, 0) is 16.1 Å². The van der Waals surface area contributed by atoms with Gasteiger partial charge in [-0.25, -0.2) is 0 Å². The number of nitrogens with zero attached hydrogens (tertiary/aromatic N) is 1. The van der Waals surface area contributed by atoms with Crippen molar-refractivity contribution in [1.29, 1.82) is 0 Å². The highest BCUT2D eigenvalue weighted by molar-refractivity contribution is 8.00. The minimum Gasteiger partial charge on any atom is -0.355 e. The predicted molar refractivity (Wildman–Crippen MR) is 96.1 cm³/mol. The highest BCUT2D eigenvalue weighted by Gasteiger charge is 2.17. The van der Waals surface area contributed by atoms with Gasteiger partial charge in [-0.3, -0.25) is 14.4 Å². The summed E-state index contributed by atoms with van der Waals surface area (Å²) in [6.45, 7) is 3.37. The Morgan fingerprint density at radius 1 is 1.25 bits per heavy atom. The van der Waals surface area contributed by atoms with Gasteiger partial charge in [-0.15, -0.1) is 11.8 Å². The maximum atomic E-state index is 11.8. The van der Waals surface area contributed by atoms with E-state index in [1.807, 2.05) is 6.07 Å². The Hall–Kier alpha value is -1.76. The van der Waals surface area contributed by atoms with E-state index in [1.165, 1.54) is 31.0 Å². The summed E-state index contributed by atoms with van der Waals surface area (Å²) >= 11 is 1.31. The molecule has 0 aliphatic heterocycles. The van der Waals surface area contributed by atoms with Crippen molar-refractivity contribution < 1.29 is 9.59 Å². The summed E-state index contributed by atoms with van der Waals surface area (Å²) in [6.07, 6.45) is 5.40. The first-order chi connectivity index (χ1) is 11.6. The fraction of sp³-hybridized carbons (Fsp3) is 0.588. The molecule has 2 N–H and O–H groups in total. The summed E-state index contributed by atoms with van der Waals surface area (Å²) in [5.41, 5.74) is 0.650. The summed E-state index contributed by atoms with van der Waals surface area (Å²) in [4.78, 5) is 35.2. The lowest BCUT2D eigenvalue weighted by atomic mass is 9.85. The molecule has 7 heteroatoms. The van der Waals surface area contributed by atoms with Crippen LogP contribution in [0.1, 0.15) is 24.8 Å². The normalized spacial score (nSPS) is 14.0. The molecule has 0 unspecified atom stereocenters. The number of pyridine rings is 1. The van der Waals surface area contributed by atoms with E-state index in [0.29, 0.717) is 30.3 Å². The van der Waals surface area contributed by atoms with Gasteiger partial charge in [-0.1, -0.05) is 12.5 Å². The Bertz CT molecular complexity index is 626. The Balaban J connectivity index is 1.55.